The molecule has 0 amide bonds. The van der Waals surface area contributed by atoms with E-state index in [1.807, 2.05) is 13.8 Å². The molecular formula is C23H30N2. The minimum atomic E-state index is 0.398. The van der Waals surface area contributed by atoms with Crippen LogP contribution in [-0.4, -0.2) is 6.04 Å². The van der Waals surface area contributed by atoms with Gasteiger partial charge in [0, 0.05) is 23.6 Å². The number of aryl methyl sites for hydroxylation is 1. The summed E-state index contributed by atoms with van der Waals surface area (Å²) in [6.45, 7) is 10.6. The van der Waals surface area contributed by atoms with Gasteiger partial charge in [0.1, 0.15) is 0 Å². The number of rotatable bonds is 4. The van der Waals surface area contributed by atoms with Gasteiger partial charge in [0.25, 0.3) is 0 Å². The Morgan fingerprint density at radius 2 is 1.48 bits per heavy atom. The van der Waals surface area contributed by atoms with Gasteiger partial charge in [-0.25, -0.2) is 0 Å². The van der Waals surface area contributed by atoms with Crippen LogP contribution < -0.4 is 10.2 Å². The lowest BCUT2D eigenvalue weighted by molar-refractivity contribution is 0.509. The van der Waals surface area contributed by atoms with Crippen LogP contribution in [0.5, 0.6) is 0 Å². The quantitative estimate of drug-likeness (QED) is 0.717. The van der Waals surface area contributed by atoms with Gasteiger partial charge in [0.2, 0.25) is 0 Å². The molecule has 2 nitrogen and oxygen atoms in total. The summed E-state index contributed by atoms with van der Waals surface area (Å²) >= 11 is 0. The number of nitrogens with zero attached hydrogens (tertiary/aromatic N) is 1. The molecule has 2 aromatic rings. The first-order valence-corrected chi connectivity index (χ1v) is 9.21. The van der Waals surface area contributed by atoms with Crippen molar-refractivity contribution in [2.75, 3.05) is 4.90 Å². The second kappa shape index (κ2) is 9.12. The maximum absolute atomic E-state index is 3.51. The van der Waals surface area contributed by atoms with Crippen molar-refractivity contribution >= 4 is 11.4 Å². The Balaban J connectivity index is 0.00000109. The molecule has 0 radical (unpaired) electrons. The first kappa shape index (κ1) is 18.9. The minimum absolute atomic E-state index is 0.398. The lowest BCUT2D eigenvalue weighted by atomic mass is 10.0. The number of para-hydroxylation sites is 1. The maximum atomic E-state index is 3.51. The van der Waals surface area contributed by atoms with Crippen LogP contribution in [0.25, 0.3) is 0 Å². The van der Waals surface area contributed by atoms with Crippen LogP contribution >= 0.6 is 0 Å². The number of allylic oxidation sites excluding steroid dienone is 1. The topological polar surface area (TPSA) is 15.3 Å². The summed E-state index contributed by atoms with van der Waals surface area (Å²) in [7, 11) is 0. The molecule has 0 fully saturated rings. The van der Waals surface area contributed by atoms with E-state index in [2.05, 4.69) is 104 Å². The normalized spacial score (nSPS) is 15.8. The molecule has 0 saturated carbocycles. The Labute approximate surface area is 152 Å². The Hall–Kier alpha value is -2.48. The van der Waals surface area contributed by atoms with Crippen LogP contribution in [0.2, 0.25) is 0 Å². The fourth-order valence-electron chi connectivity index (χ4n) is 2.76. The fraction of sp³-hybridized carbons (Fsp3) is 0.304. The van der Waals surface area contributed by atoms with Gasteiger partial charge in [-0.15, -0.1) is 0 Å². The third-order valence-electron chi connectivity index (χ3n) is 4.18. The molecule has 0 aromatic heterocycles. The molecule has 0 aliphatic carbocycles. The number of dihydropyridines is 1. The number of nitrogens with one attached hydrogen (secondary N) is 1. The third kappa shape index (κ3) is 4.76. The number of hydrogen-bond acceptors (Lipinski definition) is 2. The lowest BCUT2D eigenvalue weighted by Gasteiger charge is -2.30. The van der Waals surface area contributed by atoms with Crippen LogP contribution in [0.1, 0.15) is 33.3 Å². The van der Waals surface area contributed by atoms with Crippen molar-refractivity contribution in [1.29, 1.82) is 0 Å². The van der Waals surface area contributed by atoms with E-state index in [-0.39, 0.29) is 0 Å². The summed E-state index contributed by atoms with van der Waals surface area (Å²) < 4.78 is 0. The van der Waals surface area contributed by atoms with E-state index in [4.69, 9.17) is 0 Å². The van der Waals surface area contributed by atoms with Crippen LogP contribution in [0.3, 0.4) is 0 Å². The summed E-state index contributed by atoms with van der Waals surface area (Å²) in [5.41, 5.74) is 4.75. The highest BCUT2D eigenvalue weighted by Crippen LogP contribution is 2.31. The Morgan fingerprint density at radius 3 is 2.00 bits per heavy atom. The minimum Gasteiger partial charge on any atom is -0.383 e. The summed E-state index contributed by atoms with van der Waals surface area (Å²) in [6, 6.07) is 19.5. The third-order valence-corrected chi connectivity index (χ3v) is 4.18. The highest BCUT2D eigenvalue weighted by Gasteiger charge is 2.17. The molecule has 0 saturated heterocycles. The van der Waals surface area contributed by atoms with Gasteiger partial charge in [-0.2, -0.15) is 0 Å². The van der Waals surface area contributed by atoms with Gasteiger partial charge in [-0.3, -0.25) is 0 Å². The highest BCUT2D eigenvalue weighted by atomic mass is 15.2. The zero-order chi connectivity index (χ0) is 18.2. The summed E-state index contributed by atoms with van der Waals surface area (Å²) in [6.07, 6.45) is 6.59. The molecule has 132 valence electrons. The molecule has 1 aliphatic rings. The maximum Gasteiger partial charge on any atom is 0.0616 e. The number of benzene rings is 2. The van der Waals surface area contributed by atoms with Crippen molar-refractivity contribution in [2.45, 2.75) is 40.7 Å². The fourth-order valence-corrected chi connectivity index (χ4v) is 2.76. The molecule has 1 N–H and O–H groups in total. The molecule has 1 heterocycles. The monoisotopic (exact) mass is 334 g/mol. The predicted molar refractivity (Wildman–Crippen MR) is 110 cm³/mol. The molecular weight excluding hydrogens is 304 g/mol. The average molecular weight is 335 g/mol. The summed E-state index contributed by atoms with van der Waals surface area (Å²) in [4.78, 5) is 2.28. The molecule has 1 aliphatic heterocycles. The number of hydrogen-bond donors (Lipinski definition) is 1. The van der Waals surface area contributed by atoms with Crippen LogP contribution in [0.4, 0.5) is 11.4 Å². The molecule has 2 aromatic carbocycles. The average Bonchev–Trinajstić information content (AvgIpc) is 2.66. The highest BCUT2D eigenvalue weighted by molar-refractivity contribution is 5.70. The summed E-state index contributed by atoms with van der Waals surface area (Å²) in [5, 5.41) is 3.51. The van der Waals surface area contributed by atoms with Gasteiger partial charge in [-0.05, 0) is 43.2 Å². The van der Waals surface area contributed by atoms with Crippen molar-refractivity contribution < 1.29 is 0 Å². The first-order valence-electron chi connectivity index (χ1n) is 9.21. The molecule has 3 rings (SSSR count). The second-order valence-electron chi connectivity index (χ2n) is 6.37. The van der Waals surface area contributed by atoms with Crippen molar-refractivity contribution in [3.8, 4) is 0 Å². The number of anilines is 2. The molecule has 2 heteroatoms. The van der Waals surface area contributed by atoms with E-state index < -0.39 is 0 Å². The molecule has 1 unspecified atom stereocenters. The standard InChI is InChI=1S/C21H24N2.C2H6/c1-16(2)21-14-13-20(15-22-21)23(18-7-5-4-6-8-18)19-11-9-17(3)10-12-19;1-2/h4-16,21-22H,1-3H3;1-2H3. The smallest absolute Gasteiger partial charge is 0.0616 e. The van der Waals surface area contributed by atoms with E-state index in [1.54, 1.807) is 0 Å². The van der Waals surface area contributed by atoms with Crippen molar-refractivity contribution in [1.82, 2.24) is 5.32 Å². The van der Waals surface area contributed by atoms with E-state index in [0.717, 1.165) is 11.4 Å². The van der Waals surface area contributed by atoms with Crippen LogP contribution in [0.15, 0.2) is 78.6 Å². The van der Waals surface area contributed by atoms with Crippen LogP contribution in [-0.2, 0) is 0 Å². The van der Waals surface area contributed by atoms with Gasteiger partial charge >= 0.3 is 0 Å². The zero-order valence-electron chi connectivity index (χ0n) is 16.0. The first-order chi connectivity index (χ1) is 12.1. The molecule has 0 bridgehead atoms. The Morgan fingerprint density at radius 1 is 0.880 bits per heavy atom. The Kier molecular flexibility index (Phi) is 6.88. The largest absolute Gasteiger partial charge is 0.383 e. The van der Waals surface area contributed by atoms with E-state index in [1.165, 1.54) is 11.3 Å². The van der Waals surface area contributed by atoms with Gasteiger partial charge in [0.15, 0.2) is 0 Å². The SMILES string of the molecule is CC.Cc1ccc(N(C2=CNC(C(C)C)C=C2)c2ccccc2)cc1. The second-order valence-corrected chi connectivity index (χ2v) is 6.37. The predicted octanol–water partition coefficient (Wildman–Crippen LogP) is 6.18. The Bertz CT molecular complexity index is 697. The van der Waals surface area contributed by atoms with Crippen molar-refractivity contribution in [3.05, 3.63) is 84.2 Å². The lowest BCUT2D eigenvalue weighted by Crippen LogP contribution is -2.32. The molecule has 0 spiro atoms. The van der Waals surface area contributed by atoms with Crippen LogP contribution in [0, 0.1) is 12.8 Å². The van der Waals surface area contributed by atoms with Crippen molar-refractivity contribution in [2.24, 2.45) is 5.92 Å². The van der Waals surface area contributed by atoms with E-state index in [9.17, 15) is 0 Å². The van der Waals surface area contributed by atoms with Gasteiger partial charge in [0.05, 0.1) is 5.70 Å². The molecule has 1 atom stereocenters. The van der Waals surface area contributed by atoms with E-state index in [0.29, 0.717) is 12.0 Å². The van der Waals surface area contributed by atoms with Gasteiger partial charge < -0.3 is 10.2 Å². The van der Waals surface area contributed by atoms with E-state index >= 15 is 0 Å². The van der Waals surface area contributed by atoms with Gasteiger partial charge in [-0.1, -0.05) is 69.7 Å². The van der Waals surface area contributed by atoms with Crippen molar-refractivity contribution in [3.63, 3.8) is 0 Å². The summed E-state index contributed by atoms with van der Waals surface area (Å²) in [5.74, 6) is 0.577. The zero-order valence-corrected chi connectivity index (χ0v) is 16.0. The molecule has 25 heavy (non-hydrogen) atoms.